The SMILES string of the molecule is c1ccc(C(C[SiH2]Cn2cncn2)c2ccccc2)cc1. The van der Waals surface area contributed by atoms with Crippen LogP contribution in [0.4, 0.5) is 0 Å². The molecule has 3 nitrogen and oxygen atoms in total. The number of aromatic nitrogens is 3. The molecule has 0 aliphatic heterocycles. The van der Waals surface area contributed by atoms with Crippen LogP contribution in [0.25, 0.3) is 0 Å². The minimum absolute atomic E-state index is 0.232. The van der Waals surface area contributed by atoms with Gasteiger partial charge in [-0.15, -0.1) is 0 Å². The maximum Gasteiger partial charge on any atom is 0.137 e. The van der Waals surface area contributed by atoms with Gasteiger partial charge in [0, 0.05) is 21.6 Å². The quantitative estimate of drug-likeness (QED) is 0.654. The summed E-state index contributed by atoms with van der Waals surface area (Å²) in [4.78, 5) is 4.01. The Labute approximate surface area is 127 Å². The van der Waals surface area contributed by atoms with Crippen molar-refractivity contribution in [1.29, 1.82) is 0 Å². The zero-order valence-electron chi connectivity index (χ0n) is 12.0. The van der Waals surface area contributed by atoms with Gasteiger partial charge in [0.05, 0.1) is 0 Å². The summed E-state index contributed by atoms with van der Waals surface area (Å²) in [6.45, 7) is 0. The molecule has 1 aromatic heterocycles. The number of hydrogen-bond acceptors (Lipinski definition) is 2. The molecule has 0 bridgehead atoms. The third-order valence-corrected chi connectivity index (χ3v) is 5.51. The Bertz CT molecular complexity index is 599. The smallest absolute Gasteiger partial charge is 0.137 e. The first-order chi connectivity index (χ1) is 10.4. The monoisotopic (exact) mass is 293 g/mol. The Morgan fingerprint density at radius 2 is 1.52 bits per heavy atom. The average Bonchev–Trinajstić information content (AvgIpc) is 3.07. The van der Waals surface area contributed by atoms with Crippen molar-refractivity contribution < 1.29 is 0 Å². The van der Waals surface area contributed by atoms with Crippen molar-refractivity contribution in [3.05, 3.63) is 84.4 Å². The van der Waals surface area contributed by atoms with Crippen LogP contribution in [-0.4, -0.2) is 24.3 Å². The lowest BCUT2D eigenvalue weighted by Crippen LogP contribution is -2.11. The second-order valence-electron chi connectivity index (χ2n) is 5.17. The molecule has 1 heterocycles. The van der Waals surface area contributed by atoms with Gasteiger partial charge >= 0.3 is 0 Å². The van der Waals surface area contributed by atoms with Crippen LogP contribution in [0.3, 0.4) is 0 Å². The fourth-order valence-electron chi connectivity index (χ4n) is 2.70. The van der Waals surface area contributed by atoms with E-state index >= 15 is 0 Å². The average molecular weight is 293 g/mol. The lowest BCUT2D eigenvalue weighted by atomic mass is 9.93. The van der Waals surface area contributed by atoms with Crippen LogP contribution in [0.2, 0.25) is 6.04 Å². The molecule has 106 valence electrons. The van der Waals surface area contributed by atoms with E-state index in [4.69, 9.17) is 0 Å². The van der Waals surface area contributed by atoms with E-state index in [9.17, 15) is 0 Å². The van der Waals surface area contributed by atoms with Crippen molar-refractivity contribution in [3.63, 3.8) is 0 Å². The topological polar surface area (TPSA) is 30.7 Å². The number of benzene rings is 2. The van der Waals surface area contributed by atoms with Crippen LogP contribution < -0.4 is 0 Å². The van der Waals surface area contributed by atoms with Crippen molar-refractivity contribution in [1.82, 2.24) is 14.8 Å². The molecular weight excluding hydrogens is 274 g/mol. The Hall–Kier alpha value is -2.20. The van der Waals surface area contributed by atoms with E-state index < -0.39 is 0 Å². The Balaban J connectivity index is 1.73. The van der Waals surface area contributed by atoms with Crippen LogP contribution in [0.5, 0.6) is 0 Å². The van der Waals surface area contributed by atoms with E-state index in [1.807, 2.05) is 11.0 Å². The summed E-state index contributed by atoms with van der Waals surface area (Å²) in [5.41, 5.74) is 2.82. The highest BCUT2D eigenvalue weighted by molar-refractivity contribution is 6.34. The van der Waals surface area contributed by atoms with E-state index in [0.29, 0.717) is 5.92 Å². The summed E-state index contributed by atoms with van der Waals surface area (Å²) in [6.07, 6.45) is 4.48. The van der Waals surface area contributed by atoms with Gasteiger partial charge in [-0.25, -0.2) is 4.98 Å². The van der Waals surface area contributed by atoms with Gasteiger partial charge in [0.1, 0.15) is 12.7 Å². The molecule has 0 saturated heterocycles. The summed E-state index contributed by atoms with van der Waals surface area (Å²) in [6, 6.07) is 22.9. The minimum Gasteiger partial charge on any atom is -0.257 e. The van der Waals surface area contributed by atoms with Crippen LogP contribution in [-0.2, 0) is 6.17 Å². The van der Waals surface area contributed by atoms with Crippen molar-refractivity contribution in [3.8, 4) is 0 Å². The summed E-state index contributed by atoms with van der Waals surface area (Å²) in [5.74, 6) is 0.502. The first kappa shape index (κ1) is 13.8. The van der Waals surface area contributed by atoms with Gasteiger partial charge in [0.25, 0.3) is 0 Å². The number of rotatable bonds is 6. The van der Waals surface area contributed by atoms with E-state index in [0.717, 1.165) is 6.17 Å². The molecule has 2 aromatic carbocycles. The minimum atomic E-state index is -0.232. The van der Waals surface area contributed by atoms with E-state index in [2.05, 4.69) is 70.7 Å². The summed E-state index contributed by atoms with van der Waals surface area (Å²) < 4.78 is 1.96. The fraction of sp³-hybridized carbons (Fsp3) is 0.176. The fourth-order valence-corrected chi connectivity index (χ4v) is 4.51. The zero-order valence-corrected chi connectivity index (χ0v) is 13.4. The van der Waals surface area contributed by atoms with E-state index in [-0.39, 0.29) is 9.52 Å². The van der Waals surface area contributed by atoms with Gasteiger partial charge in [0.2, 0.25) is 0 Å². The molecule has 0 fully saturated rings. The number of hydrogen-bond donors (Lipinski definition) is 0. The first-order valence-electron chi connectivity index (χ1n) is 7.36. The molecule has 4 heteroatoms. The van der Waals surface area contributed by atoms with Gasteiger partial charge in [-0.2, -0.15) is 5.10 Å². The second-order valence-corrected chi connectivity index (χ2v) is 6.91. The molecule has 21 heavy (non-hydrogen) atoms. The maximum absolute atomic E-state index is 4.20. The summed E-state index contributed by atoms with van der Waals surface area (Å²) in [7, 11) is -0.232. The van der Waals surface area contributed by atoms with Gasteiger partial charge in [-0.3, -0.25) is 4.68 Å². The highest BCUT2D eigenvalue weighted by atomic mass is 28.2. The third-order valence-electron chi connectivity index (χ3n) is 3.75. The van der Waals surface area contributed by atoms with Gasteiger partial charge in [0.15, 0.2) is 0 Å². The van der Waals surface area contributed by atoms with Crippen LogP contribution in [0.1, 0.15) is 17.0 Å². The molecule has 0 aliphatic carbocycles. The molecule has 0 spiro atoms. The largest absolute Gasteiger partial charge is 0.257 e. The Morgan fingerprint density at radius 3 is 2.05 bits per heavy atom. The molecule has 0 amide bonds. The van der Waals surface area contributed by atoms with E-state index in [1.54, 1.807) is 6.33 Å². The molecule has 0 aliphatic rings. The van der Waals surface area contributed by atoms with Crippen LogP contribution in [0.15, 0.2) is 73.3 Å². The van der Waals surface area contributed by atoms with Crippen molar-refractivity contribution in [2.45, 2.75) is 18.1 Å². The molecule has 3 aromatic rings. The van der Waals surface area contributed by atoms with Crippen LogP contribution in [0, 0.1) is 0 Å². The summed E-state index contributed by atoms with van der Waals surface area (Å²) >= 11 is 0. The molecule has 0 radical (unpaired) electrons. The lowest BCUT2D eigenvalue weighted by Gasteiger charge is -2.17. The highest BCUT2D eigenvalue weighted by Crippen LogP contribution is 2.27. The molecule has 3 rings (SSSR count). The van der Waals surface area contributed by atoms with E-state index in [1.165, 1.54) is 17.2 Å². The first-order valence-corrected chi connectivity index (χ1v) is 9.36. The second kappa shape index (κ2) is 6.99. The Kier molecular flexibility index (Phi) is 4.58. The molecule has 0 unspecified atom stereocenters. The molecule has 0 N–H and O–H groups in total. The molecular formula is C17H19N3Si. The molecule has 0 atom stereocenters. The normalized spacial score (nSPS) is 11.5. The lowest BCUT2D eigenvalue weighted by molar-refractivity contribution is 0.729. The predicted molar refractivity (Wildman–Crippen MR) is 88.1 cm³/mol. The van der Waals surface area contributed by atoms with Crippen molar-refractivity contribution in [2.24, 2.45) is 0 Å². The summed E-state index contributed by atoms with van der Waals surface area (Å²) in [5, 5.41) is 4.20. The molecule has 0 saturated carbocycles. The van der Waals surface area contributed by atoms with Crippen molar-refractivity contribution >= 4 is 9.52 Å². The zero-order chi connectivity index (χ0) is 14.3. The third kappa shape index (κ3) is 3.67. The maximum atomic E-state index is 4.20. The van der Waals surface area contributed by atoms with Gasteiger partial charge in [-0.1, -0.05) is 66.7 Å². The standard InChI is InChI=1S/C17H19N3Si/c1-3-7-15(8-4-1)17(16-9-5-2-6-10-16)11-21-14-20-13-18-12-19-20/h1-10,12-13,17H,11,14,21H2. The van der Waals surface area contributed by atoms with Gasteiger partial charge < -0.3 is 0 Å². The van der Waals surface area contributed by atoms with Gasteiger partial charge in [-0.05, 0) is 11.1 Å². The van der Waals surface area contributed by atoms with Crippen molar-refractivity contribution in [2.75, 3.05) is 0 Å². The highest BCUT2D eigenvalue weighted by Gasteiger charge is 2.13. The Morgan fingerprint density at radius 1 is 0.905 bits per heavy atom. The predicted octanol–water partition coefficient (Wildman–Crippen LogP) is 2.65. The number of nitrogens with zero attached hydrogens (tertiary/aromatic N) is 3. The van der Waals surface area contributed by atoms with Crippen LogP contribution >= 0.6 is 0 Å².